The smallest absolute Gasteiger partial charge is 0.314 e. The van der Waals surface area contributed by atoms with Crippen LogP contribution in [0.5, 0.6) is 0 Å². The first-order chi connectivity index (χ1) is 40.5. The number of esters is 2. The van der Waals surface area contributed by atoms with Crippen LogP contribution < -0.4 is 0 Å². The fraction of sp³-hybridized carbons (Fsp3) is 0.900. The largest absolute Gasteiger partial charge is 0.462 e. The van der Waals surface area contributed by atoms with Gasteiger partial charge in [-0.25, -0.2) is 0 Å². The van der Waals surface area contributed by atoms with Crippen molar-refractivity contribution in [2.75, 3.05) is 33.5 Å². The number of rotatable bonds is 17. The average Bonchev–Trinajstić information content (AvgIpc) is 1.46. The highest BCUT2D eigenvalue weighted by atomic mass is 16.8. The molecule has 0 amide bonds. The molecule has 4 aliphatic carbocycles. The molecule has 0 radical (unpaired) electrons. The minimum absolute atomic E-state index is 0.0193. The van der Waals surface area contributed by atoms with Gasteiger partial charge in [-0.3, -0.25) is 9.59 Å². The van der Waals surface area contributed by atoms with Gasteiger partial charge in [0.2, 0.25) is 0 Å². The van der Waals surface area contributed by atoms with Crippen molar-refractivity contribution in [3.63, 3.8) is 0 Å². The highest BCUT2D eigenvalue weighted by Crippen LogP contribution is 2.77. The van der Waals surface area contributed by atoms with Crippen LogP contribution >= 0.6 is 0 Å². The van der Waals surface area contributed by atoms with Gasteiger partial charge in [0, 0.05) is 19.4 Å². The summed E-state index contributed by atoms with van der Waals surface area (Å²) < 4.78 is 79.1. The van der Waals surface area contributed by atoms with Gasteiger partial charge in [-0.2, -0.15) is 0 Å². The number of hydrogen-bond donors (Lipinski definition) is 11. The quantitative estimate of drug-likeness (QED) is 0.0631. The maximum Gasteiger partial charge on any atom is 0.314 e. The molecule has 31 atom stereocenters. The molecule has 6 heterocycles. The first kappa shape index (κ1) is 66.5. The highest BCUT2D eigenvalue weighted by molar-refractivity contribution is 5.84. The number of methoxy groups -OCH3 is 1. The molecule has 10 rings (SSSR count). The number of aliphatic hydroxyl groups excluding tert-OH is 11. The van der Waals surface area contributed by atoms with Crippen LogP contribution in [0.2, 0.25) is 0 Å². The summed E-state index contributed by atoms with van der Waals surface area (Å²) in [5, 5.41) is 121. The lowest BCUT2D eigenvalue weighted by Gasteiger charge is -2.64. The van der Waals surface area contributed by atoms with Crippen LogP contribution in [0.3, 0.4) is 0 Å². The van der Waals surface area contributed by atoms with Gasteiger partial charge >= 0.3 is 11.9 Å². The molecule has 11 N–H and O–H groups in total. The number of carbonyl (C=O) groups is 2. The van der Waals surface area contributed by atoms with E-state index in [1.54, 1.807) is 0 Å². The zero-order chi connectivity index (χ0) is 62.5. The van der Waals surface area contributed by atoms with Crippen LogP contribution in [0.4, 0.5) is 0 Å². The van der Waals surface area contributed by atoms with Crippen molar-refractivity contribution in [1.29, 1.82) is 0 Å². The van der Waals surface area contributed by atoms with E-state index in [1.165, 1.54) is 26.5 Å². The maximum absolute atomic E-state index is 14.7. The molecular weight excluding hydrogens is 1140 g/mol. The standard InChI is InChI=1S/C60H94O26/c1-25(2)12-11-17-59(9)49-33(79-27(4)62)20-58(8)29-13-14-35-56(5,6)36(16-18-57(35,7)28(29)15-19-60(49,58)55(73)86-59)81-53-47(38(67)31(64)23-77-53)85-54-48(84-50-40(69)37(66)30(63)22-75-50)41(70)44(26(3)78-54)82-51-42(71)45(32(65)24-76-51)83-52-43(72)46(74-10)39(68)34(21-61)80-52/h13,26,28,30-54,61,63-72H,1,11-12,14-24H2,2-10H3. The number of carbonyl (C=O) groups excluding carboxylic acids is 2. The third kappa shape index (κ3) is 11.4. The van der Waals surface area contributed by atoms with E-state index in [0.717, 1.165) is 18.4 Å². The molecule has 86 heavy (non-hydrogen) atoms. The van der Waals surface area contributed by atoms with E-state index >= 15 is 0 Å². The molecule has 6 aliphatic heterocycles. The second-order valence-corrected chi connectivity index (χ2v) is 27.5. The lowest BCUT2D eigenvalue weighted by atomic mass is 9.41. The summed E-state index contributed by atoms with van der Waals surface area (Å²) in [5.41, 5.74) is -1.02. The molecule has 0 bridgehead atoms. The predicted octanol–water partition coefficient (Wildman–Crippen LogP) is -0.744. The lowest BCUT2D eigenvalue weighted by Crippen LogP contribution is -2.67. The van der Waals surface area contributed by atoms with Gasteiger partial charge in [0.15, 0.2) is 31.5 Å². The molecular formula is C60H94O26. The molecule has 31 unspecified atom stereocenters. The fourth-order valence-corrected chi connectivity index (χ4v) is 17.3. The van der Waals surface area contributed by atoms with Crippen molar-refractivity contribution in [2.24, 2.45) is 39.4 Å². The van der Waals surface area contributed by atoms with Crippen LogP contribution in [0.15, 0.2) is 23.8 Å². The van der Waals surface area contributed by atoms with Gasteiger partial charge in [-0.05, 0) is 101 Å². The van der Waals surface area contributed by atoms with E-state index in [0.29, 0.717) is 44.9 Å². The topological polar surface area (TPSA) is 377 Å². The summed E-state index contributed by atoms with van der Waals surface area (Å²) in [6.45, 7) is 17.7. The van der Waals surface area contributed by atoms with E-state index in [1.807, 2.05) is 13.8 Å². The SMILES string of the molecule is C=C(C)CCCC1(C)OC(=O)C23CCC4C(=CCC5C(C)(C)C(OC6OCC(O)C(O)C6OC6OC(C)C(OC7OCC(O)C(OC8OC(CO)C(O)C(OC)C8O)C7O)C(O)C6OC6OCC(O)C(O)C6O)CCC45C)C2(C)CC(OC(C)=O)C13. The Bertz CT molecular complexity index is 2450. The molecule has 3 saturated carbocycles. The molecule has 490 valence electrons. The third-order valence-corrected chi connectivity index (χ3v) is 21.7. The van der Waals surface area contributed by atoms with Crippen molar-refractivity contribution in [3.05, 3.63) is 23.8 Å². The van der Waals surface area contributed by atoms with Crippen molar-refractivity contribution >= 4 is 11.9 Å². The van der Waals surface area contributed by atoms with Gasteiger partial charge in [-0.15, -0.1) is 6.58 Å². The van der Waals surface area contributed by atoms with Crippen LogP contribution in [-0.2, 0) is 71.2 Å². The number of cyclic esters (lactones) is 1. The van der Waals surface area contributed by atoms with Crippen LogP contribution in [0.25, 0.3) is 0 Å². The molecule has 9 fully saturated rings. The Kier molecular flexibility index (Phi) is 19.5. The van der Waals surface area contributed by atoms with Crippen molar-refractivity contribution in [1.82, 2.24) is 0 Å². The van der Waals surface area contributed by atoms with Crippen molar-refractivity contribution in [2.45, 2.75) is 266 Å². The highest BCUT2D eigenvalue weighted by Gasteiger charge is 2.79. The van der Waals surface area contributed by atoms with Gasteiger partial charge in [0.25, 0.3) is 0 Å². The minimum Gasteiger partial charge on any atom is -0.462 e. The Morgan fingerprint density at radius 1 is 0.674 bits per heavy atom. The second kappa shape index (κ2) is 25.2. The van der Waals surface area contributed by atoms with E-state index in [9.17, 15) is 65.8 Å². The number of fused-ring (bicyclic) bond motifs is 4. The first-order valence-electron chi connectivity index (χ1n) is 30.6. The lowest BCUT2D eigenvalue weighted by molar-refractivity contribution is -0.399. The fourth-order valence-electron chi connectivity index (χ4n) is 17.3. The predicted molar refractivity (Wildman–Crippen MR) is 292 cm³/mol. The number of aliphatic hydroxyl groups is 11. The first-order valence-corrected chi connectivity index (χ1v) is 30.6. The van der Waals surface area contributed by atoms with E-state index < -0.39 is 195 Å². The summed E-state index contributed by atoms with van der Waals surface area (Å²) in [4.78, 5) is 27.5. The molecule has 0 aromatic heterocycles. The summed E-state index contributed by atoms with van der Waals surface area (Å²) in [6, 6.07) is 0. The zero-order valence-electron chi connectivity index (χ0n) is 50.6. The zero-order valence-corrected chi connectivity index (χ0v) is 50.6. The van der Waals surface area contributed by atoms with Crippen LogP contribution in [0.1, 0.15) is 113 Å². The van der Waals surface area contributed by atoms with E-state index in [2.05, 4.69) is 40.3 Å². The Morgan fingerprint density at radius 2 is 1.28 bits per heavy atom. The molecule has 6 saturated heterocycles. The Hall–Kier alpha value is -2.46. The summed E-state index contributed by atoms with van der Waals surface area (Å²) in [6.07, 6.45) is -28.1. The summed E-state index contributed by atoms with van der Waals surface area (Å²) in [5.74, 6) is -0.880. The maximum atomic E-state index is 14.7. The monoisotopic (exact) mass is 1230 g/mol. The van der Waals surface area contributed by atoms with E-state index in [-0.39, 0.29) is 35.7 Å². The van der Waals surface area contributed by atoms with Crippen molar-refractivity contribution in [3.8, 4) is 0 Å². The average molecular weight is 1230 g/mol. The second-order valence-electron chi connectivity index (χ2n) is 27.5. The molecule has 1 spiro atoms. The Labute approximate surface area is 500 Å². The number of ether oxygens (including phenoxy) is 13. The summed E-state index contributed by atoms with van der Waals surface area (Å²) in [7, 11) is 1.21. The number of allylic oxidation sites excluding steroid dienone is 3. The minimum atomic E-state index is -1.89. The van der Waals surface area contributed by atoms with Gasteiger partial charge in [0.05, 0.1) is 50.0 Å². The molecule has 26 heteroatoms. The Morgan fingerprint density at radius 3 is 1.94 bits per heavy atom. The normalized spacial score (nSPS) is 51.7. The van der Waals surface area contributed by atoms with Crippen LogP contribution in [-0.4, -0.2) is 255 Å². The van der Waals surface area contributed by atoms with Crippen LogP contribution in [0, 0.1) is 39.4 Å². The van der Waals surface area contributed by atoms with Gasteiger partial charge in [-0.1, -0.05) is 44.9 Å². The van der Waals surface area contributed by atoms with Crippen molar-refractivity contribution < 1.29 is 127 Å². The summed E-state index contributed by atoms with van der Waals surface area (Å²) >= 11 is 0. The van der Waals surface area contributed by atoms with Gasteiger partial charge < -0.3 is 118 Å². The third-order valence-electron chi connectivity index (χ3n) is 21.7. The molecule has 0 aromatic carbocycles. The molecule has 10 aliphatic rings. The Balaban J connectivity index is 0.875. The van der Waals surface area contributed by atoms with Gasteiger partial charge in [0.1, 0.15) is 109 Å². The number of hydrogen-bond acceptors (Lipinski definition) is 26. The molecule has 26 nitrogen and oxygen atoms in total. The van der Waals surface area contributed by atoms with E-state index in [4.69, 9.17) is 61.6 Å². The molecule has 0 aromatic rings.